The van der Waals surface area contributed by atoms with Crippen LogP contribution in [0.15, 0.2) is 35.1 Å². The first-order valence-electron chi connectivity index (χ1n) is 8.68. The second kappa shape index (κ2) is 7.09. The maximum absolute atomic E-state index is 13.5. The zero-order valence-electron chi connectivity index (χ0n) is 14.1. The molecule has 0 bridgehead atoms. The second-order valence-corrected chi connectivity index (χ2v) is 8.37. The van der Waals surface area contributed by atoms with Crippen molar-refractivity contribution in [3.05, 3.63) is 51.1 Å². The van der Waals surface area contributed by atoms with Crippen molar-refractivity contribution in [3.63, 3.8) is 0 Å². The molecule has 5 rings (SSSR count). The Morgan fingerprint density at radius 3 is 2.77 bits per heavy atom. The predicted octanol–water partition coefficient (Wildman–Crippen LogP) is 0.551. The molecule has 1 aromatic carbocycles. The monoisotopic (exact) mass is 496 g/mol. The van der Waals surface area contributed by atoms with Gasteiger partial charge >= 0.3 is 11.6 Å². The van der Waals surface area contributed by atoms with Gasteiger partial charge in [-0.15, -0.1) is 4.57 Å². The molecule has 7 heteroatoms. The molecule has 4 nitrogen and oxygen atoms in total. The second-order valence-electron chi connectivity index (χ2n) is 6.64. The van der Waals surface area contributed by atoms with Gasteiger partial charge in [0.25, 0.3) is 0 Å². The third-order valence-corrected chi connectivity index (χ3v) is 7.19. The van der Waals surface area contributed by atoms with Crippen molar-refractivity contribution in [3.8, 4) is 11.7 Å². The summed E-state index contributed by atoms with van der Waals surface area (Å²) < 4.78 is 10.0. The number of hydrogen-bond acceptors (Lipinski definition) is 3. The highest BCUT2D eigenvalue weighted by Crippen LogP contribution is 2.36. The van der Waals surface area contributed by atoms with E-state index < -0.39 is 0 Å². The van der Waals surface area contributed by atoms with Crippen LogP contribution in [0.25, 0.3) is 15.9 Å². The Kier molecular flexibility index (Phi) is 4.96. The number of aryl methyl sites for hydroxylation is 2. The topological polar surface area (TPSA) is 35.1 Å². The summed E-state index contributed by atoms with van der Waals surface area (Å²) in [5, 5.41) is 1.72. The lowest BCUT2D eigenvalue weighted by atomic mass is 9.97. The molecule has 0 amide bonds. The van der Waals surface area contributed by atoms with E-state index >= 15 is 0 Å². The summed E-state index contributed by atoms with van der Waals surface area (Å²) in [5.74, 6) is 0. The number of thiophene rings is 1. The molecular formula is C19H18Br2N2O2S. The Balaban J connectivity index is 0.00000168. The van der Waals surface area contributed by atoms with Crippen LogP contribution in [-0.2, 0) is 12.8 Å². The molecule has 136 valence electrons. The molecule has 3 aromatic rings. The lowest BCUT2D eigenvalue weighted by Gasteiger charge is -2.10. The molecule has 1 unspecified atom stereocenters. The minimum absolute atomic E-state index is 0. The van der Waals surface area contributed by atoms with Crippen molar-refractivity contribution < 1.29 is 26.3 Å². The van der Waals surface area contributed by atoms with Gasteiger partial charge in [0.1, 0.15) is 23.7 Å². The number of aromatic nitrogens is 2. The first-order valence-corrected chi connectivity index (χ1v) is 10.6. The van der Waals surface area contributed by atoms with Gasteiger partial charge in [0.05, 0.1) is 0 Å². The normalized spacial score (nSPS) is 18.1. The Morgan fingerprint density at radius 1 is 1.23 bits per heavy atom. The van der Waals surface area contributed by atoms with E-state index in [1.54, 1.807) is 15.9 Å². The molecule has 3 heterocycles. The molecule has 1 aliphatic heterocycles. The number of benzene rings is 1. The van der Waals surface area contributed by atoms with Crippen molar-refractivity contribution in [1.82, 2.24) is 4.57 Å². The van der Waals surface area contributed by atoms with Crippen molar-refractivity contribution in [1.29, 1.82) is 0 Å². The number of para-hydroxylation sites is 1. The van der Waals surface area contributed by atoms with Crippen molar-refractivity contribution in [2.45, 2.75) is 31.7 Å². The molecule has 0 spiro atoms. The van der Waals surface area contributed by atoms with Crippen LogP contribution >= 0.6 is 27.3 Å². The average Bonchev–Trinajstić information content (AvgIpc) is 3.24. The molecular weight excluding hydrogens is 480 g/mol. The summed E-state index contributed by atoms with van der Waals surface area (Å²) in [6.45, 7) is 0.596. The van der Waals surface area contributed by atoms with Crippen LogP contribution < -0.4 is 31.8 Å². The summed E-state index contributed by atoms with van der Waals surface area (Å²) in [6.07, 6.45) is 4.49. The van der Waals surface area contributed by atoms with Crippen LogP contribution in [-0.4, -0.2) is 16.5 Å². The van der Waals surface area contributed by atoms with Gasteiger partial charge in [-0.1, -0.05) is 45.5 Å². The Bertz CT molecular complexity index is 1030. The summed E-state index contributed by atoms with van der Waals surface area (Å²) in [4.78, 5) is 16.0. The van der Waals surface area contributed by atoms with Crippen molar-refractivity contribution in [2.75, 3.05) is 11.9 Å². The lowest BCUT2D eigenvalue weighted by molar-refractivity contribution is -0.676. The fourth-order valence-electron chi connectivity index (χ4n) is 3.95. The zero-order chi connectivity index (χ0) is 17.0. The molecule has 26 heavy (non-hydrogen) atoms. The number of fused-ring (bicyclic) bond motifs is 5. The molecule has 2 aromatic heterocycles. The van der Waals surface area contributed by atoms with Crippen LogP contribution in [0.2, 0.25) is 0 Å². The van der Waals surface area contributed by atoms with E-state index in [-0.39, 0.29) is 28.6 Å². The minimum Gasteiger partial charge on any atom is -1.00 e. The van der Waals surface area contributed by atoms with Gasteiger partial charge in [0.2, 0.25) is 4.83 Å². The molecule has 0 radical (unpaired) electrons. The van der Waals surface area contributed by atoms with Crippen LogP contribution in [0.3, 0.4) is 0 Å². The van der Waals surface area contributed by atoms with E-state index in [0.717, 1.165) is 34.1 Å². The first kappa shape index (κ1) is 18.2. The third-order valence-electron chi connectivity index (χ3n) is 5.15. The van der Waals surface area contributed by atoms with Crippen LogP contribution in [0.5, 0.6) is 6.01 Å². The lowest BCUT2D eigenvalue weighted by Crippen LogP contribution is -3.00. The molecule has 1 atom stereocenters. The van der Waals surface area contributed by atoms with E-state index in [0.29, 0.717) is 12.6 Å². The third kappa shape index (κ3) is 2.59. The predicted molar refractivity (Wildman–Crippen MR) is 103 cm³/mol. The quantitative estimate of drug-likeness (QED) is 0.383. The van der Waals surface area contributed by atoms with Gasteiger partial charge < -0.3 is 21.7 Å². The molecule has 0 fully saturated rings. The Labute approximate surface area is 174 Å². The SMILES string of the molecule is O=c1c2c3c(sc2[n+]2c(n1-c1ccccc1)OCC2CBr)CCCC3.[Br-]. The summed E-state index contributed by atoms with van der Waals surface area (Å²) >= 11 is 5.41. The molecule has 2 aliphatic rings. The first-order chi connectivity index (χ1) is 12.3. The maximum atomic E-state index is 13.5. The Morgan fingerprint density at radius 2 is 2.00 bits per heavy atom. The number of ether oxygens (including phenoxy) is 1. The summed E-state index contributed by atoms with van der Waals surface area (Å²) in [5.41, 5.74) is 2.20. The fourth-order valence-corrected chi connectivity index (χ4v) is 5.88. The van der Waals surface area contributed by atoms with Gasteiger partial charge in [0, 0.05) is 10.2 Å². The van der Waals surface area contributed by atoms with E-state index in [2.05, 4.69) is 20.5 Å². The smallest absolute Gasteiger partial charge is 0.466 e. The van der Waals surface area contributed by atoms with Gasteiger partial charge in [0.15, 0.2) is 0 Å². The molecule has 1 aliphatic carbocycles. The molecule has 0 N–H and O–H groups in total. The van der Waals surface area contributed by atoms with Gasteiger partial charge in [-0.2, -0.15) is 4.57 Å². The maximum Gasteiger partial charge on any atom is 0.466 e. The fraction of sp³-hybridized carbons (Fsp3) is 0.368. The van der Waals surface area contributed by atoms with Crippen molar-refractivity contribution in [2.24, 2.45) is 0 Å². The number of alkyl halides is 1. The standard InChI is InChI=1S/C19H18BrN2O2S.BrH/c20-10-13-11-24-19-21(12-6-2-1-3-7-12)17(23)16-14-8-4-5-9-15(14)25-18(16)22(13)19;/h1-3,6-7,13H,4-5,8-11H2;1H/q+1;/p-1. The van der Waals surface area contributed by atoms with E-state index in [1.165, 1.54) is 23.3 Å². The number of rotatable bonds is 2. The molecule has 0 saturated carbocycles. The average molecular weight is 498 g/mol. The number of hydrogen-bond donors (Lipinski definition) is 0. The zero-order valence-corrected chi connectivity index (χ0v) is 18.1. The largest absolute Gasteiger partial charge is 1.00 e. The highest BCUT2D eigenvalue weighted by molar-refractivity contribution is 9.09. The number of halogens is 2. The van der Waals surface area contributed by atoms with E-state index in [4.69, 9.17) is 4.74 Å². The Hall–Kier alpha value is -1.18. The van der Waals surface area contributed by atoms with Crippen LogP contribution in [0.1, 0.15) is 29.3 Å². The highest BCUT2D eigenvalue weighted by Gasteiger charge is 2.39. The minimum atomic E-state index is 0. The van der Waals surface area contributed by atoms with Gasteiger partial charge in [-0.25, -0.2) is 4.79 Å². The van der Waals surface area contributed by atoms with Crippen LogP contribution in [0.4, 0.5) is 0 Å². The number of nitrogens with zero attached hydrogens (tertiary/aromatic N) is 2. The summed E-state index contributed by atoms with van der Waals surface area (Å²) in [6, 6.07) is 10.7. The summed E-state index contributed by atoms with van der Waals surface area (Å²) in [7, 11) is 0. The molecule has 0 saturated heterocycles. The van der Waals surface area contributed by atoms with Crippen LogP contribution in [0, 0.1) is 0 Å². The van der Waals surface area contributed by atoms with Gasteiger partial charge in [-0.05, 0) is 43.4 Å². The van der Waals surface area contributed by atoms with Crippen molar-refractivity contribution >= 4 is 37.5 Å². The van der Waals surface area contributed by atoms with Gasteiger partial charge in [-0.3, -0.25) is 0 Å². The van der Waals surface area contributed by atoms with E-state index in [1.807, 2.05) is 30.3 Å². The van der Waals surface area contributed by atoms with E-state index in [9.17, 15) is 4.79 Å². The highest BCUT2D eigenvalue weighted by atomic mass is 79.9.